The van der Waals surface area contributed by atoms with E-state index in [1.807, 2.05) is 27.7 Å². The Balaban J connectivity index is 0. The van der Waals surface area contributed by atoms with Crippen molar-refractivity contribution in [3.05, 3.63) is 35.4 Å². The van der Waals surface area contributed by atoms with Crippen molar-refractivity contribution in [2.75, 3.05) is 0 Å². The molecule has 0 N–H and O–H groups in total. The highest BCUT2D eigenvalue weighted by atomic mass is 19.1. The first-order valence-electron chi connectivity index (χ1n) is 4.62. The van der Waals surface area contributed by atoms with Crippen LogP contribution in [0.25, 0.3) is 0 Å². The fourth-order valence-corrected chi connectivity index (χ4v) is 0.608. The molecular formula is C11H18F2. The highest BCUT2D eigenvalue weighted by Gasteiger charge is 1.95. The quantitative estimate of drug-likeness (QED) is 0.568. The van der Waals surface area contributed by atoms with Crippen LogP contribution in [-0.2, 0) is 0 Å². The predicted octanol–water partition coefficient (Wildman–Crippen LogP) is 4.33. The van der Waals surface area contributed by atoms with Crippen LogP contribution in [-0.4, -0.2) is 0 Å². The lowest BCUT2D eigenvalue weighted by molar-refractivity contribution is 0.592. The van der Waals surface area contributed by atoms with E-state index in [1.54, 1.807) is 0 Å². The number of aryl methyl sites for hydroxylation is 1. The van der Waals surface area contributed by atoms with Gasteiger partial charge in [0, 0.05) is 0 Å². The van der Waals surface area contributed by atoms with Crippen LogP contribution in [0.4, 0.5) is 8.78 Å². The molecule has 0 saturated heterocycles. The van der Waals surface area contributed by atoms with Crippen LogP contribution in [0.15, 0.2) is 18.2 Å². The summed E-state index contributed by atoms with van der Waals surface area (Å²) in [6.45, 7) is 9.53. The molecule has 76 valence electrons. The van der Waals surface area contributed by atoms with Gasteiger partial charge in [0.05, 0.1) is 0 Å². The van der Waals surface area contributed by atoms with Gasteiger partial charge in [-0.1, -0.05) is 27.7 Å². The Hall–Kier alpha value is -0.920. The van der Waals surface area contributed by atoms with Gasteiger partial charge in [0.1, 0.15) is 11.6 Å². The standard InChI is InChI=1S/C7H6F2.2C2H6/c1-5-4-6(8)2-3-7(5)9;2*1-2/h2-4H,1H3;2*1-2H3. The van der Waals surface area contributed by atoms with Crippen molar-refractivity contribution in [3.63, 3.8) is 0 Å². The third kappa shape index (κ3) is 6.26. The van der Waals surface area contributed by atoms with Crippen LogP contribution in [0.2, 0.25) is 0 Å². The molecule has 0 nitrogen and oxygen atoms in total. The van der Waals surface area contributed by atoms with Crippen LogP contribution in [0.3, 0.4) is 0 Å². The van der Waals surface area contributed by atoms with Crippen LogP contribution < -0.4 is 0 Å². The van der Waals surface area contributed by atoms with E-state index < -0.39 is 5.82 Å². The first-order chi connectivity index (χ1) is 6.20. The second-order valence-corrected chi connectivity index (χ2v) is 1.89. The van der Waals surface area contributed by atoms with E-state index in [2.05, 4.69) is 0 Å². The lowest BCUT2D eigenvalue weighted by Gasteiger charge is -1.92. The summed E-state index contributed by atoms with van der Waals surface area (Å²) in [7, 11) is 0. The number of rotatable bonds is 0. The Labute approximate surface area is 79.6 Å². The zero-order chi connectivity index (χ0) is 10.9. The minimum atomic E-state index is -0.395. The van der Waals surface area contributed by atoms with Gasteiger partial charge in [0.25, 0.3) is 0 Å². The number of benzene rings is 1. The molecule has 0 aliphatic rings. The molecule has 0 spiro atoms. The van der Waals surface area contributed by atoms with Gasteiger partial charge in [0.15, 0.2) is 0 Å². The molecular weight excluding hydrogens is 170 g/mol. The molecule has 0 aromatic heterocycles. The highest BCUT2D eigenvalue weighted by molar-refractivity contribution is 5.16. The van der Waals surface area contributed by atoms with E-state index in [4.69, 9.17) is 0 Å². The minimum absolute atomic E-state index is 0.343. The smallest absolute Gasteiger partial charge is 0.126 e. The van der Waals surface area contributed by atoms with Gasteiger partial charge in [-0.05, 0) is 30.7 Å². The average Bonchev–Trinajstić information content (AvgIpc) is 2.18. The van der Waals surface area contributed by atoms with Crippen molar-refractivity contribution in [2.45, 2.75) is 34.6 Å². The maximum atomic E-state index is 12.3. The van der Waals surface area contributed by atoms with Crippen molar-refractivity contribution in [1.29, 1.82) is 0 Å². The summed E-state index contributed by atoms with van der Waals surface area (Å²) < 4.78 is 24.5. The van der Waals surface area contributed by atoms with Gasteiger partial charge < -0.3 is 0 Å². The summed E-state index contributed by atoms with van der Waals surface area (Å²) in [4.78, 5) is 0. The molecule has 0 fully saturated rings. The molecule has 1 rings (SSSR count). The molecule has 0 aliphatic carbocycles. The summed E-state index contributed by atoms with van der Waals surface area (Å²) in [5.74, 6) is -0.759. The fourth-order valence-electron chi connectivity index (χ4n) is 0.608. The molecule has 0 radical (unpaired) electrons. The Kier molecular flexibility index (Phi) is 10.3. The molecule has 0 atom stereocenters. The van der Waals surface area contributed by atoms with Gasteiger partial charge in [-0.25, -0.2) is 8.78 Å². The summed E-state index contributed by atoms with van der Waals surface area (Å²) in [6, 6.07) is 3.38. The first-order valence-corrected chi connectivity index (χ1v) is 4.62. The second kappa shape index (κ2) is 9.17. The van der Waals surface area contributed by atoms with Gasteiger partial charge in [-0.15, -0.1) is 0 Å². The first kappa shape index (κ1) is 14.6. The Morgan fingerprint density at radius 2 is 1.38 bits per heavy atom. The summed E-state index contributed by atoms with van der Waals surface area (Å²) in [5.41, 5.74) is 0.343. The Morgan fingerprint density at radius 1 is 0.923 bits per heavy atom. The molecule has 0 aliphatic heterocycles. The van der Waals surface area contributed by atoms with Gasteiger partial charge >= 0.3 is 0 Å². The summed E-state index contributed by atoms with van der Waals surface area (Å²) in [6.07, 6.45) is 0. The topological polar surface area (TPSA) is 0 Å². The lowest BCUT2D eigenvalue weighted by Crippen LogP contribution is -1.81. The van der Waals surface area contributed by atoms with E-state index >= 15 is 0 Å². The normalized spacial score (nSPS) is 7.62. The van der Waals surface area contributed by atoms with Crippen LogP contribution >= 0.6 is 0 Å². The van der Waals surface area contributed by atoms with Crippen molar-refractivity contribution in [1.82, 2.24) is 0 Å². The highest BCUT2D eigenvalue weighted by Crippen LogP contribution is 2.06. The van der Waals surface area contributed by atoms with Crippen LogP contribution in [0.5, 0.6) is 0 Å². The van der Waals surface area contributed by atoms with E-state index in [-0.39, 0.29) is 5.82 Å². The van der Waals surface area contributed by atoms with Gasteiger partial charge in [-0.3, -0.25) is 0 Å². The van der Waals surface area contributed by atoms with E-state index in [1.165, 1.54) is 6.92 Å². The molecule has 0 amide bonds. The third-order valence-electron chi connectivity index (χ3n) is 1.12. The van der Waals surface area contributed by atoms with Crippen molar-refractivity contribution in [3.8, 4) is 0 Å². The largest absolute Gasteiger partial charge is 0.207 e. The molecule has 13 heavy (non-hydrogen) atoms. The zero-order valence-corrected chi connectivity index (χ0v) is 8.99. The summed E-state index contributed by atoms with van der Waals surface area (Å²) in [5, 5.41) is 0. The van der Waals surface area contributed by atoms with Gasteiger partial charge in [-0.2, -0.15) is 0 Å². The minimum Gasteiger partial charge on any atom is -0.207 e. The second-order valence-electron chi connectivity index (χ2n) is 1.89. The maximum absolute atomic E-state index is 12.3. The van der Waals surface area contributed by atoms with Crippen LogP contribution in [0, 0.1) is 18.6 Å². The Morgan fingerprint density at radius 3 is 1.69 bits per heavy atom. The number of hydrogen-bond acceptors (Lipinski definition) is 0. The molecule has 2 heteroatoms. The molecule has 0 saturated carbocycles. The number of halogens is 2. The monoisotopic (exact) mass is 188 g/mol. The summed E-state index contributed by atoms with van der Waals surface area (Å²) >= 11 is 0. The number of hydrogen-bond donors (Lipinski definition) is 0. The molecule has 0 bridgehead atoms. The van der Waals surface area contributed by atoms with Crippen molar-refractivity contribution in [2.24, 2.45) is 0 Å². The Bertz CT molecular complexity index is 219. The van der Waals surface area contributed by atoms with E-state index in [0.717, 1.165) is 18.2 Å². The molecule has 0 unspecified atom stereocenters. The van der Waals surface area contributed by atoms with Crippen LogP contribution in [0.1, 0.15) is 33.3 Å². The molecule has 1 aromatic carbocycles. The fraction of sp³-hybridized carbons (Fsp3) is 0.455. The molecule has 0 heterocycles. The van der Waals surface area contributed by atoms with Crippen molar-refractivity contribution < 1.29 is 8.78 Å². The van der Waals surface area contributed by atoms with E-state index in [9.17, 15) is 8.78 Å². The SMILES string of the molecule is CC.CC.Cc1cc(F)ccc1F. The lowest BCUT2D eigenvalue weighted by atomic mass is 10.2. The van der Waals surface area contributed by atoms with Gasteiger partial charge in [0.2, 0.25) is 0 Å². The third-order valence-corrected chi connectivity index (χ3v) is 1.12. The average molecular weight is 188 g/mol. The molecule has 1 aromatic rings. The van der Waals surface area contributed by atoms with Crippen molar-refractivity contribution >= 4 is 0 Å². The maximum Gasteiger partial charge on any atom is 0.126 e. The van der Waals surface area contributed by atoms with E-state index in [0.29, 0.717) is 5.56 Å². The predicted molar refractivity (Wildman–Crippen MR) is 53.8 cm³/mol. The zero-order valence-electron chi connectivity index (χ0n) is 8.99.